The molecule has 0 aliphatic rings. The van der Waals surface area contributed by atoms with Gasteiger partial charge in [0, 0.05) is 0 Å². The predicted octanol–water partition coefficient (Wildman–Crippen LogP) is -0.474. The number of ether oxygens (including phenoxy) is 1. The van der Waals surface area contributed by atoms with Crippen molar-refractivity contribution in [3.05, 3.63) is 0 Å². The fourth-order valence-electron chi connectivity index (χ4n) is 1.34. The van der Waals surface area contributed by atoms with Gasteiger partial charge in [-0.2, -0.15) is 0 Å². The molecular formula is C11H19NO6. The highest BCUT2D eigenvalue weighted by Gasteiger charge is 2.35. The van der Waals surface area contributed by atoms with Crippen molar-refractivity contribution in [1.29, 1.82) is 0 Å². The molecule has 3 N–H and O–H groups in total. The van der Waals surface area contributed by atoms with Gasteiger partial charge in [-0.15, -0.1) is 0 Å². The Morgan fingerprint density at radius 1 is 1.33 bits per heavy atom. The Balaban J connectivity index is 4.60. The molecule has 0 heterocycles. The van der Waals surface area contributed by atoms with Crippen molar-refractivity contribution >= 4 is 17.8 Å². The van der Waals surface area contributed by atoms with Crippen LogP contribution >= 0.6 is 0 Å². The maximum absolute atomic E-state index is 11.6. The minimum Gasteiger partial charge on any atom is -0.480 e. The standard InChI is InChI=1S/C11H19NO6/c1-6(2)8(9(14)15)12-7(13)5-11(3,17)10(16)18-4/h6,8,17H,5H2,1-4H3,(H,12,13)(H,14,15). The lowest BCUT2D eigenvalue weighted by atomic mass is 10.0. The molecule has 0 aliphatic heterocycles. The van der Waals surface area contributed by atoms with Gasteiger partial charge in [0.05, 0.1) is 13.5 Å². The van der Waals surface area contributed by atoms with Crippen LogP contribution in [-0.2, 0) is 19.1 Å². The first-order valence-electron chi connectivity index (χ1n) is 5.44. The highest BCUT2D eigenvalue weighted by atomic mass is 16.5. The number of hydrogen-bond donors (Lipinski definition) is 3. The molecule has 104 valence electrons. The fourth-order valence-corrected chi connectivity index (χ4v) is 1.34. The quantitative estimate of drug-likeness (QED) is 0.557. The van der Waals surface area contributed by atoms with E-state index in [1.807, 2.05) is 0 Å². The maximum atomic E-state index is 11.6. The Morgan fingerprint density at radius 2 is 1.83 bits per heavy atom. The predicted molar refractivity (Wildman–Crippen MR) is 61.7 cm³/mol. The van der Waals surface area contributed by atoms with Gasteiger partial charge in [-0.05, 0) is 12.8 Å². The number of aliphatic hydroxyl groups is 1. The number of amides is 1. The molecule has 0 aliphatic carbocycles. The molecule has 0 spiro atoms. The van der Waals surface area contributed by atoms with Crippen molar-refractivity contribution < 1.29 is 29.3 Å². The molecule has 1 amide bonds. The van der Waals surface area contributed by atoms with E-state index in [0.29, 0.717) is 0 Å². The number of carboxylic acids is 1. The Labute approximate surface area is 105 Å². The smallest absolute Gasteiger partial charge is 0.338 e. The summed E-state index contributed by atoms with van der Waals surface area (Å²) in [5.74, 6) is -3.16. The van der Waals surface area contributed by atoms with Crippen LogP contribution in [0.15, 0.2) is 0 Å². The third-order valence-electron chi connectivity index (χ3n) is 2.38. The van der Waals surface area contributed by atoms with E-state index in [-0.39, 0.29) is 5.92 Å². The van der Waals surface area contributed by atoms with Crippen LogP contribution in [0.2, 0.25) is 0 Å². The van der Waals surface area contributed by atoms with E-state index < -0.39 is 35.9 Å². The number of aliphatic carboxylic acids is 1. The van der Waals surface area contributed by atoms with Crippen LogP contribution in [-0.4, -0.2) is 46.8 Å². The highest BCUT2D eigenvalue weighted by molar-refractivity contribution is 5.89. The maximum Gasteiger partial charge on any atom is 0.338 e. The highest BCUT2D eigenvalue weighted by Crippen LogP contribution is 2.12. The monoisotopic (exact) mass is 261 g/mol. The molecule has 0 bridgehead atoms. The van der Waals surface area contributed by atoms with E-state index >= 15 is 0 Å². The molecule has 0 saturated carbocycles. The Morgan fingerprint density at radius 3 is 2.17 bits per heavy atom. The Kier molecular flexibility index (Phi) is 5.77. The third kappa shape index (κ3) is 4.70. The summed E-state index contributed by atoms with van der Waals surface area (Å²) in [6.45, 7) is 4.40. The first-order chi connectivity index (χ1) is 8.11. The average molecular weight is 261 g/mol. The summed E-state index contributed by atoms with van der Waals surface area (Å²) in [6.07, 6.45) is -0.559. The lowest BCUT2D eigenvalue weighted by Crippen LogP contribution is -2.48. The molecule has 0 rings (SSSR count). The summed E-state index contributed by atoms with van der Waals surface area (Å²) >= 11 is 0. The molecule has 2 atom stereocenters. The zero-order valence-corrected chi connectivity index (χ0v) is 10.9. The van der Waals surface area contributed by atoms with E-state index in [2.05, 4.69) is 10.1 Å². The molecule has 2 unspecified atom stereocenters. The molecule has 0 aromatic carbocycles. The number of carboxylic acid groups (broad SMARTS) is 1. The second-order valence-electron chi connectivity index (χ2n) is 4.57. The summed E-state index contributed by atoms with van der Waals surface area (Å²) in [7, 11) is 1.09. The molecular weight excluding hydrogens is 242 g/mol. The van der Waals surface area contributed by atoms with E-state index in [1.54, 1.807) is 13.8 Å². The van der Waals surface area contributed by atoms with Gasteiger partial charge in [-0.3, -0.25) is 4.79 Å². The normalized spacial score (nSPS) is 15.7. The first kappa shape index (κ1) is 16.4. The summed E-state index contributed by atoms with van der Waals surface area (Å²) in [5.41, 5.74) is -1.97. The third-order valence-corrected chi connectivity index (χ3v) is 2.38. The Bertz CT molecular complexity index is 336. The fraction of sp³-hybridized carbons (Fsp3) is 0.727. The number of esters is 1. The van der Waals surface area contributed by atoms with E-state index in [4.69, 9.17) is 5.11 Å². The van der Waals surface area contributed by atoms with Crippen LogP contribution in [0.1, 0.15) is 27.2 Å². The first-order valence-corrected chi connectivity index (χ1v) is 5.44. The molecule has 7 heteroatoms. The van der Waals surface area contributed by atoms with Gasteiger partial charge in [0.15, 0.2) is 5.60 Å². The van der Waals surface area contributed by atoms with Crippen molar-refractivity contribution in [1.82, 2.24) is 5.32 Å². The molecule has 0 aromatic heterocycles. The number of methoxy groups -OCH3 is 1. The lowest BCUT2D eigenvalue weighted by molar-refractivity contribution is -0.163. The zero-order valence-electron chi connectivity index (χ0n) is 10.9. The summed E-state index contributed by atoms with van der Waals surface area (Å²) in [5, 5.41) is 20.8. The number of nitrogens with one attached hydrogen (secondary N) is 1. The van der Waals surface area contributed by atoms with Crippen molar-refractivity contribution in [2.24, 2.45) is 5.92 Å². The number of carbonyl (C=O) groups is 3. The van der Waals surface area contributed by atoms with Crippen LogP contribution < -0.4 is 5.32 Å². The largest absolute Gasteiger partial charge is 0.480 e. The van der Waals surface area contributed by atoms with Crippen LogP contribution in [0, 0.1) is 5.92 Å². The molecule has 7 nitrogen and oxygen atoms in total. The van der Waals surface area contributed by atoms with E-state index in [1.165, 1.54) is 0 Å². The van der Waals surface area contributed by atoms with Crippen LogP contribution in [0.3, 0.4) is 0 Å². The van der Waals surface area contributed by atoms with Crippen LogP contribution in [0.5, 0.6) is 0 Å². The second-order valence-corrected chi connectivity index (χ2v) is 4.57. The number of hydrogen-bond acceptors (Lipinski definition) is 5. The van der Waals surface area contributed by atoms with Gasteiger partial charge in [-0.1, -0.05) is 13.8 Å². The summed E-state index contributed by atoms with van der Waals surface area (Å²) in [6, 6.07) is -1.06. The van der Waals surface area contributed by atoms with Gasteiger partial charge >= 0.3 is 11.9 Å². The second kappa shape index (κ2) is 6.34. The summed E-state index contributed by atoms with van der Waals surface area (Å²) in [4.78, 5) is 33.6. The molecule has 0 radical (unpaired) electrons. The SMILES string of the molecule is COC(=O)C(C)(O)CC(=O)NC(C(=O)O)C(C)C. The lowest BCUT2D eigenvalue weighted by Gasteiger charge is -2.22. The topological polar surface area (TPSA) is 113 Å². The van der Waals surface area contributed by atoms with Gasteiger partial charge < -0.3 is 20.3 Å². The van der Waals surface area contributed by atoms with Crippen molar-refractivity contribution in [3.63, 3.8) is 0 Å². The average Bonchev–Trinajstić information content (AvgIpc) is 2.23. The molecule has 18 heavy (non-hydrogen) atoms. The van der Waals surface area contributed by atoms with Gasteiger partial charge in [-0.25, -0.2) is 9.59 Å². The van der Waals surface area contributed by atoms with Crippen molar-refractivity contribution in [3.8, 4) is 0 Å². The van der Waals surface area contributed by atoms with Crippen LogP contribution in [0.25, 0.3) is 0 Å². The van der Waals surface area contributed by atoms with E-state index in [0.717, 1.165) is 14.0 Å². The van der Waals surface area contributed by atoms with Crippen molar-refractivity contribution in [2.75, 3.05) is 7.11 Å². The molecule has 0 fully saturated rings. The summed E-state index contributed by atoms with van der Waals surface area (Å²) < 4.78 is 4.33. The van der Waals surface area contributed by atoms with Gasteiger partial charge in [0.2, 0.25) is 5.91 Å². The zero-order chi connectivity index (χ0) is 14.5. The van der Waals surface area contributed by atoms with Crippen LogP contribution in [0.4, 0.5) is 0 Å². The number of rotatable bonds is 6. The van der Waals surface area contributed by atoms with Gasteiger partial charge in [0.25, 0.3) is 0 Å². The Hall–Kier alpha value is -1.63. The molecule has 0 aromatic rings. The van der Waals surface area contributed by atoms with Crippen molar-refractivity contribution in [2.45, 2.75) is 38.8 Å². The van der Waals surface area contributed by atoms with Gasteiger partial charge in [0.1, 0.15) is 6.04 Å². The van der Waals surface area contributed by atoms with E-state index in [9.17, 15) is 19.5 Å². The minimum atomic E-state index is -1.97. The minimum absolute atomic E-state index is 0.311. The molecule has 0 saturated heterocycles. The number of carbonyl (C=O) groups excluding carboxylic acids is 2.